The summed E-state index contributed by atoms with van der Waals surface area (Å²) in [5.74, 6) is 0.630. The number of thiophene rings is 1. The van der Waals surface area contributed by atoms with Crippen molar-refractivity contribution in [3.63, 3.8) is 0 Å². The monoisotopic (exact) mass is 303 g/mol. The Bertz CT molecular complexity index is 606. The van der Waals surface area contributed by atoms with Gasteiger partial charge in [0.15, 0.2) is 0 Å². The maximum absolute atomic E-state index is 9.78. The number of rotatable bonds is 4. The molecule has 3 heteroatoms. The number of benzene rings is 1. The van der Waals surface area contributed by atoms with Crippen LogP contribution in [0.2, 0.25) is 0 Å². The quantitative estimate of drug-likeness (QED) is 0.877. The zero-order valence-electron chi connectivity index (χ0n) is 12.9. The number of aliphatic hydroxyl groups is 1. The fourth-order valence-electron chi connectivity index (χ4n) is 3.49. The molecular formula is C18H25NOS. The molecule has 1 fully saturated rings. The van der Waals surface area contributed by atoms with Gasteiger partial charge in [-0.15, -0.1) is 11.3 Å². The Morgan fingerprint density at radius 2 is 2.14 bits per heavy atom. The molecule has 1 heterocycles. The van der Waals surface area contributed by atoms with Crippen LogP contribution in [0.3, 0.4) is 0 Å². The zero-order valence-corrected chi connectivity index (χ0v) is 13.7. The molecule has 0 bridgehead atoms. The first kappa shape index (κ1) is 15.0. The van der Waals surface area contributed by atoms with Gasteiger partial charge in [0, 0.05) is 15.6 Å². The summed E-state index contributed by atoms with van der Waals surface area (Å²) in [5, 5.41) is 14.9. The summed E-state index contributed by atoms with van der Waals surface area (Å²) < 4.78 is 1.38. The van der Waals surface area contributed by atoms with Crippen LogP contribution < -0.4 is 5.32 Å². The van der Waals surface area contributed by atoms with E-state index in [0.717, 1.165) is 19.4 Å². The highest BCUT2D eigenvalue weighted by Gasteiger charge is 2.21. The van der Waals surface area contributed by atoms with Crippen molar-refractivity contribution in [3.8, 4) is 0 Å². The number of hydrogen-bond donors (Lipinski definition) is 2. The van der Waals surface area contributed by atoms with Crippen molar-refractivity contribution < 1.29 is 5.11 Å². The predicted octanol–water partition coefficient (Wildman–Crippen LogP) is 4.41. The van der Waals surface area contributed by atoms with Gasteiger partial charge < -0.3 is 10.4 Å². The maximum Gasteiger partial charge on any atom is 0.0543 e. The average molecular weight is 303 g/mol. The molecular weight excluding hydrogens is 278 g/mol. The van der Waals surface area contributed by atoms with E-state index in [-0.39, 0.29) is 6.10 Å². The average Bonchev–Trinajstić information content (AvgIpc) is 2.83. The minimum absolute atomic E-state index is 0.0769. The van der Waals surface area contributed by atoms with Crippen LogP contribution in [-0.4, -0.2) is 17.8 Å². The number of aryl methyl sites for hydroxylation is 1. The van der Waals surface area contributed by atoms with Gasteiger partial charge in [-0.25, -0.2) is 0 Å². The zero-order chi connectivity index (χ0) is 14.8. The third kappa shape index (κ3) is 3.31. The van der Waals surface area contributed by atoms with E-state index in [1.165, 1.54) is 33.4 Å². The largest absolute Gasteiger partial charge is 0.393 e. The smallest absolute Gasteiger partial charge is 0.0543 e. The van der Waals surface area contributed by atoms with Crippen LogP contribution in [0.25, 0.3) is 10.1 Å². The van der Waals surface area contributed by atoms with Crippen molar-refractivity contribution in [2.24, 2.45) is 5.92 Å². The highest BCUT2D eigenvalue weighted by Crippen LogP contribution is 2.34. The van der Waals surface area contributed by atoms with Crippen LogP contribution in [0, 0.1) is 12.8 Å². The molecule has 1 aromatic carbocycles. The summed E-state index contributed by atoms with van der Waals surface area (Å²) >= 11 is 1.91. The van der Waals surface area contributed by atoms with Gasteiger partial charge in [0.05, 0.1) is 6.10 Å². The van der Waals surface area contributed by atoms with Crippen molar-refractivity contribution in [2.45, 2.75) is 51.7 Å². The lowest BCUT2D eigenvalue weighted by Crippen LogP contribution is -2.30. The lowest BCUT2D eigenvalue weighted by atomic mass is 9.87. The van der Waals surface area contributed by atoms with Crippen molar-refractivity contribution in [2.75, 3.05) is 6.54 Å². The molecule has 0 saturated heterocycles. The van der Waals surface area contributed by atoms with Crippen LogP contribution in [0.5, 0.6) is 0 Å². The Kier molecular flexibility index (Phi) is 4.63. The first-order chi connectivity index (χ1) is 10.1. The highest BCUT2D eigenvalue weighted by molar-refractivity contribution is 7.19. The minimum atomic E-state index is -0.0769. The molecule has 114 valence electrons. The third-order valence-electron chi connectivity index (χ3n) is 4.74. The van der Waals surface area contributed by atoms with E-state index in [1.54, 1.807) is 0 Å². The van der Waals surface area contributed by atoms with Gasteiger partial charge >= 0.3 is 0 Å². The van der Waals surface area contributed by atoms with Crippen LogP contribution in [0.4, 0.5) is 0 Å². The van der Waals surface area contributed by atoms with Gasteiger partial charge in [-0.1, -0.05) is 24.6 Å². The summed E-state index contributed by atoms with van der Waals surface area (Å²) in [6, 6.07) is 9.05. The van der Waals surface area contributed by atoms with Crippen molar-refractivity contribution >= 4 is 21.4 Å². The molecule has 0 radical (unpaired) electrons. The Hall–Kier alpha value is -0.900. The van der Waals surface area contributed by atoms with Crippen molar-refractivity contribution in [3.05, 3.63) is 34.7 Å². The predicted molar refractivity (Wildman–Crippen MR) is 90.9 cm³/mol. The molecule has 1 aliphatic carbocycles. The molecule has 3 rings (SSSR count). The van der Waals surface area contributed by atoms with Gasteiger partial charge in [0.25, 0.3) is 0 Å². The van der Waals surface area contributed by atoms with Crippen LogP contribution in [0.1, 0.15) is 49.1 Å². The molecule has 1 aliphatic rings. The standard InChI is InChI=1S/C18H25NOS/c1-12-16-8-3-4-9-17(16)21-18(12)13(2)19-11-14-6-5-7-15(20)10-14/h3-4,8-9,13-15,19-20H,5-7,10-11H2,1-2H3. The lowest BCUT2D eigenvalue weighted by molar-refractivity contribution is 0.0998. The molecule has 1 saturated carbocycles. The fraction of sp³-hybridized carbons (Fsp3) is 0.556. The normalized spacial score (nSPS) is 24.3. The molecule has 1 aromatic heterocycles. The van der Waals surface area contributed by atoms with E-state index in [4.69, 9.17) is 0 Å². The van der Waals surface area contributed by atoms with E-state index in [9.17, 15) is 5.11 Å². The Morgan fingerprint density at radius 1 is 1.33 bits per heavy atom. The first-order valence-electron chi connectivity index (χ1n) is 8.04. The summed E-state index contributed by atoms with van der Waals surface area (Å²) in [6.45, 7) is 5.51. The number of hydrogen-bond acceptors (Lipinski definition) is 3. The molecule has 0 amide bonds. The van der Waals surface area contributed by atoms with Gasteiger partial charge in [-0.2, -0.15) is 0 Å². The van der Waals surface area contributed by atoms with Gasteiger partial charge in [0.1, 0.15) is 0 Å². The van der Waals surface area contributed by atoms with Gasteiger partial charge in [-0.05, 0) is 62.6 Å². The summed E-state index contributed by atoms with van der Waals surface area (Å²) in [7, 11) is 0. The number of fused-ring (bicyclic) bond motifs is 1. The molecule has 0 spiro atoms. The molecule has 0 aliphatic heterocycles. The van der Waals surface area contributed by atoms with Crippen molar-refractivity contribution in [1.82, 2.24) is 5.32 Å². The Balaban J connectivity index is 1.66. The molecule has 2 N–H and O–H groups in total. The third-order valence-corrected chi connectivity index (χ3v) is 6.20. The van der Waals surface area contributed by atoms with E-state index in [2.05, 4.69) is 43.4 Å². The lowest BCUT2D eigenvalue weighted by Gasteiger charge is -2.27. The summed E-state index contributed by atoms with van der Waals surface area (Å²) in [6.07, 6.45) is 4.30. The summed E-state index contributed by atoms with van der Waals surface area (Å²) in [4.78, 5) is 1.45. The molecule has 2 nitrogen and oxygen atoms in total. The number of nitrogens with one attached hydrogen (secondary N) is 1. The second-order valence-corrected chi connectivity index (χ2v) is 7.49. The molecule has 3 unspecified atom stereocenters. The summed E-state index contributed by atoms with van der Waals surface area (Å²) in [5.41, 5.74) is 1.42. The Labute approximate surface area is 131 Å². The van der Waals surface area contributed by atoms with E-state index < -0.39 is 0 Å². The second-order valence-electron chi connectivity index (χ2n) is 6.40. The molecule has 3 atom stereocenters. The van der Waals surface area contributed by atoms with Crippen LogP contribution in [-0.2, 0) is 0 Å². The van der Waals surface area contributed by atoms with Crippen LogP contribution in [0.15, 0.2) is 24.3 Å². The maximum atomic E-state index is 9.78. The van der Waals surface area contributed by atoms with Crippen molar-refractivity contribution in [1.29, 1.82) is 0 Å². The fourth-order valence-corrected chi connectivity index (χ4v) is 4.73. The Morgan fingerprint density at radius 3 is 2.90 bits per heavy atom. The first-order valence-corrected chi connectivity index (χ1v) is 8.86. The SMILES string of the molecule is Cc1c(C(C)NCC2CCCC(O)C2)sc2ccccc12. The van der Waals surface area contributed by atoms with E-state index in [0.29, 0.717) is 12.0 Å². The second kappa shape index (κ2) is 6.47. The molecule has 21 heavy (non-hydrogen) atoms. The number of aliphatic hydroxyl groups excluding tert-OH is 1. The van der Waals surface area contributed by atoms with Gasteiger partial charge in [0.2, 0.25) is 0 Å². The van der Waals surface area contributed by atoms with E-state index >= 15 is 0 Å². The minimum Gasteiger partial charge on any atom is -0.393 e. The molecule has 2 aromatic rings. The highest BCUT2D eigenvalue weighted by atomic mass is 32.1. The van der Waals surface area contributed by atoms with Crippen LogP contribution >= 0.6 is 11.3 Å². The van der Waals surface area contributed by atoms with E-state index in [1.807, 2.05) is 11.3 Å². The van der Waals surface area contributed by atoms with Gasteiger partial charge in [-0.3, -0.25) is 0 Å². The topological polar surface area (TPSA) is 32.3 Å².